The highest BCUT2D eigenvalue weighted by atomic mass is 16.6. The molecular weight excluding hydrogens is 314 g/mol. The van der Waals surface area contributed by atoms with Crippen LogP contribution in [0.4, 0.5) is 11.4 Å². The van der Waals surface area contributed by atoms with E-state index in [-0.39, 0.29) is 24.1 Å². The Hall–Kier alpha value is -2.48. The molecule has 0 saturated heterocycles. The average Bonchev–Trinajstić information content (AvgIpc) is 2.97. The molecule has 0 unspecified atom stereocenters. The summed E-state index contributed by atoms with van der Waals surface area (Å²) in [7, 11) is 0. The summed E-state index contributed by atoms with van der Waals surface area (Å²) in [5.74, 6) is -1.39. The van der Waals surface area contributed by atoms with Crippen molar-refractivity contribution in [1.29, 1.82) is 0 Å². The van der Waals surface area contributed by atoms with Crippen LogP contribution in [0.1, 0.15) is 25.8 Å². The lowest BCUT2D eigenvalue weighted by atomic mass is 9.99. The van der Waals surface area contributed by atoms with Gasteiger partial charge in [0.2, 0.25) is 5.91 Å². The molecule has 1 aromatic carbocycles. The number of benzene rings is 1. The van der Waals surface area contributed by atoms with E-state index < -0.39 is 16.9 Å². The van der Waals surface area contributed by atoms with Crippen molar-refractivity contribution in [1.82, 2.24) is 5.32 Å². The molecule has 24 heavy (non-hydrogen) atoms. The number of carbonyl (C=O) groups is 2. The van der Waals surface area contributed by atoms with E-state index in [4.69, 9.17) is 0 Å². The van der Waals surface area contributed by atoms with Gasteiger partial charge in [0.1, 0.15) is 6.04 Å². The average molecular weight is 335 g/mol. The number of anilines is 1. The fraction of sp³-hybridized carbons (Fsp3) is 0.500. The minimum absolute atomic E-state index is 0.0653. The van der Waals surface area contributed by atoms with E-state index >= 15 is 0 Å². The Labute approximate surface area is 139 Å². The first-order chi connectivity index (χ1) is 11.3. The molecule has 0 aromatic heterocycles. The lowest BCUT2D eigenvalue weighted by molar-refractivity contribution is -0.384. The molecule has 2 N–H and O–H groups in total. The Bertz CT molecular complexity index is 661. The molecule has 1 amide bonds. The number of rotatable bonds is 7. The van der Waals surface area contributed by atoms with Gasteiger partial charge in [-0.05, 0) is 17.9 Å². The molecule has 1 aliphatic heterocycles. The number of hydrogen-bond donors (Lipinski definition) is 2. The number of carbonyl (C=O) groups excluding carboxylic acids is 1. The largest absolute Gasteiger partial charge is 0.480 e. The Kier molecular flexibility index (Phi) is 5.50. The van der Waals surface area contributed by atoms with Crippen molar-refractivity contribution in [2.45, 2.75) is 32.7 Å². The van der Waals surface area contributed by atoms with Gasteiger partial charge < -0.3 is 10.0 Å². The molecular formula is C16H21N3O5. The number of non-ortho nitro benzene ring substituents is 1. The van der Waals surface area contributed by atoms with Crippen LogP contribution in [-0.4, -0.2) is 41.0 Å². The van der Waals surface area contributed by atoms with Crippen molar-refractivity contribution in [3.8, 4) is 0 Å². The number of aliphatic carboxylic acids is 1. The predicted molar refractivity (Wildman–Crippen MR) is 88.0 cm³/mol. The zero-order valence-electron chi connectivity index (χ0n) is 13.7. The molecule has 0 fully saturated rings. The monoisotopic (exact) mass is 335 g/mol. The highest BCUT2D eigenvalue weighted by Crippen LogP contribution is 2.31. The van der Waals surface area contributed by atoms with Crippen LogP contribution in [0.15, 0.2) is 18.2 Å². The van der Waals surface area contributed by atoms with Gasteiger partial charge in [0.15, 0.2) is 0 Å². The number of nitro groups is 1. The van der Waals surface area contributed by atoms with E-state index in [1.807, 2.05) is 13.8 Å². The Morgan fingerprint density at radius 2 is 2.17 bits per heavy atom. The molecule has 0 saturated carbocycles. The molecule has 1 aliphatic rings. The fourth-order valence-corrected chi connectivity index (χ4v) is 2.80. The van der Waals surface area contributed by atoms with Gasteiger partial charge in [-0.3, -0.25) is 25.0 Å². The van der Waals surface area contributed by atoms with Gasteiger partial charge in [-0.15, -0.1) is 0 Å². The normalized spacial score (nSPS) is 15.7. The van der Waals surface area contributed by atoms with Crippen molar-refractivity contribution < 1.29 is 19.6 Å². The van der Waals surface area contributed by atoms with Crippen LogP contribution in [0.2, 0.25) is 0 Å². The first kappa shape index (κ1) is 17.9. The molecule has 1 aromatic rings. The van der Waals surface area contributed by atoms with Crippen LogP contribution >= 0.6 is 0 Å². The van der Waals surface area contributed by atoms with E-state index in [9.17, 15) is 24.8 Å². The molecule has 8 heteroatoms. The summed E-state index contributed by atoms with van der Waals surface area (Å²) in [5, 5.41) is 22.9. The van der Waals surface area contributed by atoms with Gasteiger partial charge in [0.25, 0.3) is 5.69 Å². The van der Waals surface area contributed by atoms with Crippen LogP contribution in [-0.2, 0) is 16.0 Å². The van der Waals surface area contributed by atoms with Crippen molar-refractivity contribution >= 4 is 23.3 Å². The standard InChI is InChI=1S/C16H21N3O5/c1-3-10(2)15(16(21)22)17-9-14(20)18-7-6-11-4-5-12(19(23)24)8-13(11)18/h4-5,8,10,15,17H,3,6-7,9H2,1-2H3,(H,21,22)/t10-,15-/m0/s1. The number of amides is 1. The van der Waals surface area contributed by atoms with E-state index in [1.54, 1.807) is 6.07 Å². The summed E-state index contributed by atoms with van der Waals surface area (Å²) < 4.78 is 0. The van der Waals surface area contributed by atoms with Crippen LogP contribution in [0, 0.1) is 16.0 Å². The fourth-order valence-electron chi connectivity index (χ4n) is 2.80. The molecule has 0 aliphatic carbocycles. The predicted octanol–water partition coefficient (Wildman–Crippen LogP) is 1.57. The molecule has 130 valence electrons. The topological polar surface area (TPSA) is 113 Å². The zero-order chi connectivity index (χ0) is 17.9. The SMILES string of the molecule is CC[C@H](C)[C@H](NCC(=O)N1CCc2ccc([N+](=O)[O-])cc21)C(=O)O. The number of nitro benzene ring substituents is 1. The summed E-state index contributed by atoms with van der Waals surface area (Å²) in [4.78, 5) is 35.6. The first-order valence-electron chi connectivity index (χ1n) is 7.89. The maximum absolute atomic E-state index is 12.4. The van der Waals surface area contributed by atoms with Crippen molar-refractivity contribution in [3.05, 3.63) is 33.9 Å². The van der Waals surface area contributed by atoms with E-state index in [1.165, 1.54) is 17.0 Å². The second-order valence-corrected chi connectivity index (χ2v) is 5.95. The molecule has 0 bridgehead atoms. The van der Waals surface area contributed by atoms with Gasteiger partial charge >= 0.3 is 5.97 Å². The maximum Gasteiger partial charge on any atom is 0.320 e. The van der Waals surface area contributed by atoms with Gasteiger partial charge in [-0.2, -0.15) is 0 Å². The van der Waals surface area contributed by atoms with Gasteiger partial charge in [-0.1, -0.05) is 26.3 Å². The minimum Gasteiger partial charge on any atom is -0.480 e. The number of hydrogen-bond acceptors (Lipinski definition) is 5. The molecule has 8 nitrogen and oxygen atoms in total. The van der Waals surface area contributed by atoms with E-state index in [0.29, 0.717) is 25.1 Å². The van der Waals surface area contributed by atoms with Crippen molar-refractivity contribution in [2.75, 3.05) is 18.0 Å². The molecule has 0 radical (unpaired) electrons. The third-order valence-corrected chi connectivity index (χ3v) is 4.43. The second-order valence-electron chi connectivity index (χ2n) is 5.95. The lowest BCUT2D eigenvalue weighted by Crippen LogP contribution is -2.47. The number of fused-ring (bicyclic) bond motifs is 1. The highest BCUT2D eigenvalue weighted by molar-refractivity contribution is 5.97. The Morgan fingerprint density at radius 1 is 1.46 bits per heavy atom. The third kappa shape index (κ3) is 3.70. The number of nitrogens with one attached hydrogen (secondary N) is 1. The molecule has 2 atom stereocenters. The third-order valence-electron chi connectivity index (χ3n) is 4.43. The molecule has 0 spiro atoms. The van der Waals surface area contributed by atoms with Gasteiger partial charge in [0, 0.05) is 18.7 Å². The Balaban J connectivity index is 2.09. The van der Waals surface area contributed by atoms with Crippen LogP contribution in [0.3, 0.4) is 0 Å². The number of carboxylic acids is 1. The maximum atomic E-state index is 12.4. The summed E-state index contributed by atoms with van der Waals surface area (Å²) in [5.41, 5.74) is 1.35. The van der Waals surface area contributed by atoms with Crippen LogP contribution in [0.5, 0.6) is 0 Å². The van der Waals surface area contributed by atoms with Crippen molar-refractivity contribution in [3.63, 3.8) is 0 Å². The summed E-state index contributed by atoms with van der Waals surface area (Å²) in [6, 6.07) is 3.68. The Morgan fingerprint density at radius 3 is 2.75 bits per heavy atom. The van der Waals surface area contributed by atoms with Gasteiger partial charge in [-0.25, -0.2) is 0 Å². The second kappa shape index (κ2) is 7.39. The molecule has 1 heterocycles. The first-order valence-corrected chi connectivity index (χ1v) is 7.89. The van der Waals surface area contributed by atoms with Crippen LogP contribution < -0.4 is 10.2 Å². The summed E-state index contributed by atoms with van der Waals surface area (Å²) in [6.07, 6.45) is 1.31. The number of carboxylic acid groups (broad SMARTS) is 1. The minimum atomic E-state index is -0.991. The van der Waals surface area contributed by atoms with Crippen LogP contribution in [0.25, 0.3) is 0 Å². The van der Waals surface area contributed by atoms with Gasteiger partial charge in [0.05, 0.1) is 17.2 Å². The van der Waals surface area contributed by atoms with E-state index in [2.05, 4.69) is 5.32 Å². The smallest absolute Gasteiger partial charge is 0.320 e. The summed E-state index contributed by atoms with van der Waals surface area (Å²) in [6.45, 7) is 4.02. The highest BCUT2D eigenvalue weighted by Gasteiger charge is 2.29. The quantitative estimate of drug-likeness (QED) is 0.578. The summed E-state index contributed by atoms with van der Waals surface area (Å²) >= 11 is 0. The number of nitrogens with zero attached hydrogens (tertiary/aromatic N) is 2. The lowest BCUT2D eigenvalue weighted by Gasteiger charge is -2.22. The molecule has 2 rings (SSSR count). The van der Waals surface area contributed by atoms with E-state index in [0.717, 1.165) is 5.56 Å². The van der Waals surface area contributed by atoms with Crippen molar-refractivity contribution in [2.24, 2.45) is 5.92 Å². The zero-order valence-corrected chi connectivity index (χ0v) is 13.7.